The summed E-state index contributed by atoms with van der Waals surface area (Å²) in [7, 11) is 0. The van der Waals surface area contributed by atoms with Gasteiger partial charge in [-0.2, -0.15) is 26.3 Å². The third kappa shape index (κ3) is 3.45. The Hall–Kier alpha value is -1.21. The number of allylic oxidation sites excluding steroid dienone is 1. The van der Waals surface area contributed by atoms with Crippen LogP contribution in [0.3, 0.4) is 0 Å². The SMILES string of the molecule is CCC(C(=O)[O-])=C(C(F)(F)F)C(F)(F)F. The Kier molecular flexibility index (Phi) is 3.78. The molecule has 0 aromatic rings. The third-order valence-corrected chi connectivity index (χ3v) is 1.47. The van der Waals surface area contributed by atoms with Crippen LogP contribution >= 0.6 is 0 Å². The van der Waals surface area contributed by atoms with E-state index in [0.717, 1.165) is 6.92 Å². The summed E-state index contributed by atoms with van der Waals surface area (Å²) in [5.41, 5.74) is -4.81. The van der Waals surface area contributed by atoms with E-state index in [2.05, 4.69) is 0 Å². The lowest BCUT2D eigenvalue weighted by Gasteiger charge is -2.19. The van der Waals surface area contributed by atoms with E-state index in [1.54, 1.807) is 0 Å². The molecule has 0 aliphatic rings. The van der Waals surface area contributed by atoms with Crippen molar-refractivity contribution in [2.24, 2.45) is 0 Å². The minimum atomic E-state index is -5.76. The number of hydrogen-bond donors (Lipinski definition) is 0. The van der Waals surface area contributed by atoms with E-state index in [0.29, 0.717) is 0 Å². The molecule has 0 rings (SSSR count). The lowest BCUT2D eigenvalue weighted by Crippen LogP contribution is -2.34. The molecule has 8 heteroatoms. The van der Waals surface area contributed by atoms with Gasteiger partial charge in [-0.15, -0.1) is 0 Å². The molecule has 0 saturated carbocycles. The van der Waals surface area contributed by atoms with E-state index < -0.39 is 35.9 Å². The minimum absolute atomic E-state index is 0.864. The van der Waals surface area contributed by atoms with Gasteiger partial charge in [0, 0.05) is 0 Å². The largest absolute Gasteiger partial charge is 0.545 e. The van der Waals surface area contributed by atoms with Crippen LogP contribution < -0.4 is 5.11 Å². The van der Waals surface area contributed by atoms with E-state index in [1.807, 2.05) is 0 Å². The molecule has 0 amide bonds. The van der Waals surface area contributed by atoms with Gasteiger partial charge >= 0.3 is 12.4 Å². The Bertz CT molecular complexity index is 269. The summed E-state index contributed by atoms with van der Waals surface area (Å²) < 4.78 is 71.7. The lowest BCUT2D eigenvalue weighted by atomic mass is 10.1. The molecule has 0 aliphatic heterocycles. The van der Waals surface area contributed by atoms with Crippen LogP contribution in [0, 0.1) is 0 Å². The Balaban J connectivity index is 5.76. The average Bonchev–Trinajstić information content (AvgIpc) is 1.93. The second kappa shape index (κ2) is 4.11. The molecule has 0 N–H and O–H groups in total. The number of halogens is 6. The Morgan fingerprint density at radius 2 is 1.40 bits per heavy atom. The molecule has 88 valence electrons. The van der Waals surface area contributed by atoms with Crippen LogP contribution in [0.4, 0.5) is 26.3 Å². The number of carbonyl (C=O) groups excluding carboxylic acids is 1. The maximum Gasteiger partial charge on any atom is 0.421 e. The summed E-state index contributed by atoms with van der Waals surface area (Å²) in [6.45, 7) is 0.864. The van der Waals surface area contributed by atoms with Gasteiger partial charge < -0.3 is 9.90 Å². The van der Waals surface area contributed by atoms with Gasteiger partial charge in [0.1, 0.15) is 5.57 Å². The first-order valence-corrected chi connectivity index (χ1v) is 3.60. The normalized spacial score (nSPS) is 12.5. The van der Waals surface area contributed by atoms with Crippen LogP contribution in [-0.4, -0.2) is 18.3 Å². The molecule has 0 spiro atoms. The van der Waals surface area contributed by atoms with E-state index in [-0.39, 0.29) is 0 Å². The maximum atomic E-state index is 11.9. The predicted octanol–water partition coefficient (Wildman–Crippen LogP) is 1.57. The Morgan fingerprint density at radius 3 is 1.47 bits per heavy atom. The molecule has 0 radical (unpaired) electrons. The second-order valence-electron chi connectivity index (χ2n) is 2.49. The standard InChI is InChI=1S/C7H6F6O2/c1-2-3(5(14)15)4(6(8,9)10)7(11,12)13/h2H2,1H3,(H,14,15)/p-1. The zero-order chi connectivity index (χ0) is 12.4. The molecule has 0 aromatic carbocycles. The lowest BCUT2D eigenvalue weighted by molar-refractivity contribution is -0.300. The summed E-state index contributed by atoms with van der Waals surface area (Å²) in [5.74, 6) is -2.47. The van der Waals surface area contributed by atoms with E-state index in [1.165, 1.54) is 0 Å². The van der Waals surface area contributed by atoms with Crippen LogP contribution in [0.1, 0.15) is 13.3 Å². The van der Waals surface area contributed by atoms with Crippen molar-refractivity contribution in [2.75, 3.05) is 0 Å². The maximum absolute atomic E-state index is 11.9. The van der Waals surface area contributed by atoms with Gasteiger partial charge in [-0.1, -0.05) is 6.92 Å². The van der Waals surface area contributed by atoms with Crippen molar-refractivity contribution in [3.8, 4) is 0 Å². The highest BCUT2D eigenvalue weighted by Crippen LogP contribution is 2.41. The molecule has 2 nitrogen and oxygen atoms in total. The van der Waals surface area contributed by atoms with Gasteiger partial charge in [0.15, 0.2) is 0 Å². The van der Waals surface area contributed by atoms with Crippen molar-refractivity contribution in [1.29, 1.82) is 0 Å². The molecule has 0 aromatic heterocycles. The summed E-state index contributed by atoms with van der Waals surface area (Å²) in [6.07, 6.45) is -12.4. The Morgan fingerprint density at radius 1 is 1.07 bits per heavy atom. The molecule has 0 unspecified atom stereocenters. The van der Waals surface area contributed by atoms with Crippen LogP contribution in [0.25, 0.3) is 0 Å². The van der Waals surface area contributed by atoms with Crippen molar-refractivity contribution in [2.45, 2.75) is 25.7 Å². The van der Waals surface area contributed by atoms with Gasteiger partial charge in [-0.05, 0) is 12.0 Å². The number of carboxylic acids is 1. The van der Waals surface area contributed by atoms with Crippen LogP contribution in [0.2, 0.25) is 0 Å². The molecule has 0 bridgehead atoms. The highest BCUT2D eigenvalue weighted by Gasteiger charge is 2.52. The van der Waals surface area contributed by atoms with Crippen molar-refractivity contribution in [1.82, 2.24) is 0 Å². The topological polar surface area (TPSA) is 40.1 Å². The smallest absolute Gasteiger partial charge is 0.421 e. The molecular weight excluding hydrogens is 230 g/mol. The van der Waals surface area contributed by atoms with Gasteiger partial charge in [0.05, 0.1) is 5.97 Å². The van der Waals surface area contributed by atoms with Crippen molar-refractivity contribution < 1.29 is 36.2 Å². The zero-order valence-corrected chi connectivity index (χ0v) is 7.29. The first kappa shape index (κ1) is 13.8. The van der Waals surface area contributed by atoms with Crippen molar-refractivity contribution in [3.05, 3.63) is 11.1 Å². The van der Waals surface area contributed by atoms with Gasteiger partial charge in [-0.25, -0.2) is 0 Å². The zero-order valence-electron chi connectivity index (χ0n) is 7.29. The molecule has 0 fully saturated rings. The number of carboxylic acid groups (broad SMARTS) is 1. The molecule has 0 aliphatic carbocycles. The summed E-state index contributed by atoms with van der Waals surface area (Å²) in [4.78, 5) is 10.1. The molecule has 15 heavy (non-hydrogen) atoms. The fraction of sp³-hybridized carbons (Fsp3) is 0.571. The van der Waals surface area contributed by atoms with E-state index in [4.69, 9.17) is 0 Å². The molecule has 0 heterocycles. The van der Waals surface area contributed by atoms with E-state index in [9.17, 15) is 36.2 Å². The quantitative estimate of drug-likeness (QED) is 0.538. The second-order valence-corrected chi connectivity index (χ2v) is 2.49. The van der Waals surface area contributed by atoms with Gasteiger partial charge in [0.2, 0.25) is 0 Å². The highest BCUT2D eigenvalue weighted by atomic mass is 19.4. The first-order valence-electron chi connectivity index (χ1n) is 3.60. The number of rotatable bonds is 2. The van der Waals surface area contributed by atoms with Gasteiger partial charge in [-0.3, -0.25) is 0 Å². The van der Waals surface area contributed by atoms with Crippen LogP contribution in [0.5, 0.6) is 0 Å². The number of aliphatic carboxylic acids is 1. The summed E-state index contributed by atoms with van der Waals surface area (Å²) >= 11 is 0. The van der Waals surface area contributed by atoms with Crippen LogP contribution in [0.15, 0.2) is 11.1 Å². The molecular formula is C7H5F6O2-. The predicted molar refractivity (Wildman–Crippen MR) is 34.4 cm³/mol. The number of alkyl halides is 6. The number of hydrogen-bond acceptors (Lipinski definition) is 2. The Labute approximate surface area is 80.2 Å². The molecule has 0 atom stereocenters. The fourth-order valence-corrected chi connectivity index (χ4v) is 0.926. The van der Waals surface area contributed by atoms with Gasteiger partial charge in [0.25, 0.3) is 0 Å². The number of carbonyl (C=O) groups is 1. The first-order chi connectivity index (χ1) is 6.51. The average molecular weight is 235 g/mol. The van der Waals surface area contributed by atoms with E-state index >= 15 is 0 Å². The monoisotopic (exact) mass is 235 g/mol. The van der Waals surface area contributed by atoms with Crippen molar-refractivity contribution in [3.63, 3.8) is 0 Å². The summed E-state index contributed by atoms with van der Waals surface area (Å²) in [5, 5.41) is 10.1. The fourth-order valence-electron chi connectivity index (χ4n) is 0.926. The third-order valence-electron chi connectivity index (χ3n) is 1.47. The summed E-state index contributed by atoms with van der Waals surface area (Å²) in [6, 6.07) is 0. The van der Waals surface area contributed by atoms with Crippen LogP contribution in [-0.2, 0) is 4.79 Å². The minimum Gasteiger partial charge on any atom is -0.545 e. The molecule has 0 saturated heterocycles. The van der Waals surface area contributed by atoms with Crippen molar-refractivity contribution >= 4 is 5.97 Å². The highest BCUT2D eigenvalue weighted by molar-refractivity contribution is 5.86.